The SMILES string of the molecule is CC(C)C1C(=O)NCCN1C(=O)c1cccc(OCC(=O)O)c1. The van der Waals surface area contributed by atoms with Gasteiger partial charge in [0.25, 0.3) is 5.91 Å². The predicted molar refractivity (Wildman–Crippen MR) is 82.2 cm³/mol. The number of hydrogen-bond donors (Lipinski definition) is 2. The number of carboxylic acids is 1. The summed E-state index contributed by atoms with van der Waals surface area (Å²) < 4.78 is 5.09. The molecule has 7 heteroatoms. The first-order valence-corrected chi connectivity index (χ1v) is 7.43. The Kier molecular flexibility index (Phi) is 5.20. The molecule has 0 spiro atoms. The molecule has 2 rings (SSSR count). The normalized spacial score (nSPS) is 17.8. The number of piperazine rings is 1. The summed E-state index contributed by atoms with van der Waals surface area (Å²) in [6, 6.07) is 5.82. The average Bonchev–Trinajstić information content (AvgIpc) is 2.52. The van der Waals surface area contributed by atoms with Gasteiger partial charge in [-0.25, -0.2) is 4.79 Å². The largest absolute Gasteiger partial charge is 0.482 e. The molecule has 1 aliphatic heterocycles. The summed E-state index contributed by atoms with van der Waals surface area (Å²) in [6.07, 6.45) is 0. The van der Waals surface area contributed by atoms with E-state index in [9.17, 15) is 14.4 Å². The van der Waals surface area contributed by atoms with Gasteiger partial charge >= 0.3 is 5.97 Å². The number of carbonyl (C=O) groups is 3. The minimum atomic E-state index is -1.09. The lowest BCUT2D eigenvalue weighted by atomic mass is 9.98. The summed E-state index contributed by atoms with van der Waals surface area (Å²) >= 11 is 0. The molecule has 7 nitrogen and oxygen atoms in total. The number of amides is 2. The predicted octanol–water partition coefficient (Wildman–Crippen LogP) is 0.747. The molecule has 0 aromatic heterocycles. The van der Waals surface area contributed by atoms with E-state index in [1.165, 1.54) is 6.07 Å². The highest BCUT2D eigenvalue weighted by atomic mass is 16.5. The molecule has 0 bridgehead atoms. The van der Waals surface area contributed by atoms with Crippen LogP contribution in [0.15, 0.2) is 24.3 Å². The van der Waals surface area contributed by atoms with Crippen LogP contribution in [0.25, 0.3) is 0 Å². The van der Waals surface area contributed by atoms with Crippen LogP contribution in [0.4, 0.5) is 0 Å². The minimum Gasteiger partial charge on any atom is -0.482 e. The first-order chi connectivity index (χ1) is 10.9. The molecule has 2 amide bonds. The van der Waals surface area contributed by atoms with E-state index in [0.717, 1.165) is 0 Å². The van der Waals surface area contributed by atoms with Crippen molar-refractivity contribution in [3.63, 3.8) is 0 Å². The molecule has 0 aliphatic carbocycles. The van der Waals surface area contributed by atoms with Crippen molar-refractivity contribution in [3.8, 4) is 5.75 Å². The van der Waals surface area contributed by atoms with E-state index in [-0.39, 0.29) is 17.7 Å². The van der Waals surface area contributed by atoms with Crippen molar-refractivity contribution < 1.29 is 24.2 Å². The molecule has 0 saturated carbocycles. The Labute approximate surface area is 134 Å². The Bertz CT molecular complexity index is 614. The lowest BCUT2D eigenvalue weighted by Crippen LogP contribution is -2.59. The minimum absolute atomic E-state index is 0.00862. The standard InChI is InChI=1S/C16H20N2O5/c1-10(2)14-15(21)17-6-7-18(14)16(22)11-4-3-5-12(8-11)23-9-13(19)20/h3-5,8,10,14H,6-7,9H2,1-2H3,(H,17,21)(H,19,20). The van der Waals surface area contributed by atoms with Crippen LogP contribution in [0.2, 0.25) is 0 Å². The van der Waals surface area contributed by atoms with Gasteiger partial charge in [0, 0.05) is 18.7 Å². The van der Waals surface area contributed by atoms with E-state index >= 15 is 0 Å². The van der Waals surface area contributed by atoms with E-state index in [4.69, 9.17) is 9.84 Å². The molecule has 1 aliphatic rings. The van der Waals surface area contributed by atoms with Crippen molar-refractivity contribution in [2.24, 2.45) is 5.92 Å². The quantitative estimate of drug-likeness (QED) is 0.834. The maximum Gasteiger partial charge on any atom is 0.341 e. The van der Waals surface area contributed by atoms with Crippen molar-refractivity contribution in [2.75, 3.05) is 19.7 Å². The number of rotatable bonds is 5. The zero-order chi connectivity index (χ0) is 17.0. The summed E-state index contributed by atoms with van der Waals surface area (Å²) in [5.41, 5.74) is 0.369. The molecule has 1 aromatic rings. The fourth-order valence-electron chi connectivity index (χ4n) is 2.61. The Morgan fingerprint density at radius 3 is 2.83 bits per heavy atom. The van der Waals surface area contributed by atoms with Crippen LogP contribution in [0.3, 0.4) is 0 Å². The Morgan fingerprint density at radius 2 is 2.17 bits per heavy atom. The lowest BCUT2D eigenvalue weighted by Gasteiger charge is -2.37. The van der Waals surface area contributed by atoms with Gasteiger partial charge in [0.1, 0.15) is 11.8 Å². The summed E-state index contributed by atoms with van der Waals surface area (Å²) in [5, 5.41) is 11.4. The summed E-state index contributed by atoms with van der Waals surface area (Å²) in [7, 11) is 0. The third kappa shape index (κ3) is 4.00. The number of aliphatic carboxylic acids is 1. The van der Waals surface area contributed by atoms with E-state index in [2.05, 4.69) is 5.32 Å². The summed E-state index contributed by atoms with van der Waals surface area (Å²) in [5.74, 6) is -1.21. The van der Waals surface area contributed by atoms with Crippen LogP contribution in [-0.2, 0) is 9.59 Å². The van der Waals surface area contributed by atoms with Crippen LogP contribution in [0, 0.1) is 5.92 Å². The van der Waals surface area contributed by atoms with E-state index < -0.39 is 18.6 Å². The zero-order valence-electron chi connectivity index (χ0n) is 13.1. The smallest absolute Gasteiger partial charge is 0.341 e. The molecule has 2 N–H and O–H groups in total. The first-order valence-electron chi connectivity index (χ1n) is 7.43. The van der Waals surface area contributed by atoms with E-state index in [0.29, 0.717) is 24.4 Å². The van der Waals surface area contributed by atoms with E-state index in [1.807, 2.05) is 13.8 Å². The number of benzene rings is 1. The maximum atomic E-state index is 12.7. The zero-order valence-corrected chi connectivity index (χ0v) is 13.1. The first kappa shape index (κ1) is 16.8. The van der Waals surface area contributed by atoms with Crippen molar-refractivity contribution in [3.05, 3.63) is 29.8 Å². The van der Waals surface area contributed by atoms with Gasteiger partial charge in [0.15, 0.2) is 6.61 Å². The fraction of sp³-hybridized carbons (Fsp3) is 0.438. The molecule has 1 fully saturated rings. The summed E-state index contributed by atoms with van der Waals surface area (Å²) in [6.45, 7) is 4.17. The lowest BCUT2D eigenvalue weighted by molar-refractivity contribution is -0.139. The number of carbonyl (C=O) groups excluding carboxylic acids is 2. The van der Waals surface area contributed by atoms with Gasteiger partial charge in [0.2, 0.25) is 5.91 Å². The summed E-state index contributed by atoms with van der Waals surface area (Å²) in [4.78, 5) is 36.9. The number of hydrogen-bond acceptors (Lipinski definition) is 4. The molecular formula is C16H20N2O5. The van der Waals surface area contributed by atoms with Gasteiger partial charge in [-0.1, -0.05) is 19.9 Å². The third-order valence-corrected chi connectivity index (χ3v) is 3.59. The Morgan fingerprint density at radius 1 is 1.43 bits per heavy atom. The second-order valence-electron chi connectivity index (χ2n) is 5.69. The number of nitrogens with one attached hydrogen (secondary N) is 1. The van der Waals surface area contributed by atoms with E-state index in [1.54, 1.807) is 23.1 Å². The van der Waals surface area contributed by atoms with Crippen molar-refractivity contribution >= 4 is 17.8 Å². The van der Waals surface area contributed by atoms with Crippen LogP contribution in [0.1, 0.15) is 24.2 Å². The van der Waals surface area contributed by atoms with Gasteiger partial charge < -0.3 is 20.1 Å². The van der Waals surface area contributed by atoms with Crippen LogP contribution >= 0.6 is 0 Å². The fourth-order valence-corrected chi connectivity index (χ4v) is 2.61. The number of carboxylic acid groups (broad SMARTS) is 1. The van der Waals surface area contributed by atoms with Gasteiger partial charge in [0.05, 0.1) is 0 Å². The average molecular weight is 320 g/mol. The van der Waals surface area contributed by atoms with Crippen molar-refractivity contribution in [2.45, 2.75) is 19.9 Å². The van der Waals surface area contributed by atoms with Gasteiger partial charge in [-0.05, 0) is 24.1 Å². The Hall–Kier alpha value is -2.57. The molecule has 1 aromatic carbocycles. The van der Waals surface area contributed by atoms with Crippen molar-refractivity contribution in [1.82, 2.24) is 10.2 Å². The molecule has 0 radical (unpaired) electrons. The third-order valence-electron chi connectivity index (χ3n) is 3.59. The molecule has 1 heterocycles. The monoisotopic (exact) mass is 320 g/mol. The molecule has 23 heavy (non-hydrogen) atoms. The molecular weight excluding hydrogens is 300 g/mol. The van der Waals surface area contributed by atoms with Crippen LogP contribution in [-0.4, -0.2) is 53.5 Å². The second kappa shape index (κ2) is 7.13. The van der Waals surface area contributed by atoms with Gasteiger partial charge in [-0.3, -0.25) is 9.59 Å². The van der Waals surface area contributed by atoms with Crippen LogP contribution in [0.5, 0.6) is 5.75 Å². The Balaban J connectivity index is 2.20. The number of ether oxygens (including phenoxy) is 1. The van der Waals surface area contributed by atoms with Crippen molar-refractivity contribution in [1.29, 1.82) is 0 Å². The highest BCUT2D eigenvalue weighted by molar-refractivity contribution is 5.98. The highest BCUT2D eigenvalue weighted by Gasteiger charge is 2.35. The maximum absolute atomic E-state index is 12.7. The second-order valence-corrected chi connectivity index (χ2v) is 5.69. The van der Waals surface area contributed by atoms with Crippen LogP contribution < -0.4 is 10.1 Å². The molecule has 1 unspecified atom stereocenters. The topological polar surface area (TPSA) is 95.9 Å². The van der Waals surface area contributed by atoms with Gasteiger partial charge in [-0.2, -0.15) is 0 Å². The molecule has 1 saturated heterocycles. The highest BCUT2D eigenvalue weighted by Crippen LogP contribution is 2.20. The molecule has 124 valence electrons. The number of nitrogens with zero attached hydrogens (tertiary/aromatic N) is 1. The molecule has 1 atom stereocenters. The van der Waals surface area contributed by atoms with Gasteiger partial charge in [-0.15, -0.1) is 0 Å².